The van der Waals surface area contributed by atoms with Gasteiger partial charge in [0.2, 0.25) is 0 Å². The van der Waals surface area contributed by atoms with Crippen LogP contribution in [0.3, 0.4) is 0 Å². The highest BCUT2D eigenvalue weighted by molar-refractivity contribution is 6.00. The monoisotopic (exact) mass is 232 g/mol. The van der Waals surface area contributed by atoms with Gasteiger partial charge in [-0.15, -0.1) is 0 Å². The fourth-order valence-corrected chi connectivity index (χ4v) is 2.20. The van der Waals surface area contributed by atoms with Crippen molar-refractivity contribution in [3.05, 3.63) is 29.3 Å². The Labute approximate surface area is 103 Å². The van der Waals surface area contributed by atoms with Crippen LogP contribution in [0.4, 0.5) is 0 Å². The summed E-state index contributed by atoms with van der Waals surface area (Å²) >= 11 is 0. The number of benzene rings is 1. The predicted molar refractivity (Wildman–Crippen MR) is 68.7 cm³/mol. The van der Waals surface area contributed by atoms with E-state index in [1.54, 1.807) is 0 Å². The number of aryl methyl sites for hydroxylation is 1. The molecule has 0 atom stereocenters. The molecule has 0 N–H and O–H groups in total. The summed E-state index contributed by atoms with van der Waals surface area (Å²) in [5.74, 6) is 1.51. The highest BCUT2D eigenvalue weighted by atomic mass is 16.5. The second-order valence-electron chi connectivity index (χ2n) is 5.13. The molecule has 0 bridgehead atoms. The maximum atomic E-state index is 12.1. The molecular weight excluding hydrogens is 212 g/mol. The molecule has 2 rings (SSSR count). The molecule has 0 aliphatic heterocycles. The molecule has 0 saturated heterocycles. The Morgan fingerprint density at radius 1 is 1.24 bits per heavy atom. The fraction of sp³-hybridized carbons (Fsp3) is 0.533. The van der Waals surface area contributed by atoms with Crippen LogP contribution < -0.4 is 4.74 Å². The molecule has 0 radical (unpaired) electrons. The number of carbonyl (C=O) groups excluding carboxylic acids is 1. The smallest absolute Gasteiger partial charge is 0.166 e. The van der Waals surface area contributed by atoms with Gasteiger partial charge in [-0.3, -0.25) is 4.79 Å². The Bertz CT molecular complexity index is 407. The first-order valence-corrected chi connectivity index (χ1v) is 6.46. The van der Waals surface area contributed by atoms with Crippen molar-refractivity contribution < 1.29 is 9.53 Å². The molecule has 0 unspecified atom stereocenters. The molecule has 2 heteroatoms. The van der Waals surface area contributed by atoms with E-state index in [2.05, 4.69) is 19.9 Å². The molecule has 1 aromatic rings. The van der Waals surface area contributed by atoms with Gasteiger partial charge >= 0.3 is 0 Å². The SMILES string of the molecule is CC(C)COc1cccc2c1C(=O)CCCC2. The van der Waals surface area contributed by atoms with Crippen LogP contribution in [0.1, 0.15) is 49.0 Å². The van der Waals surface area contributed by atoms with E-state index in [4.69, 9.17) is 4.74 Å². The third kappa shape index (κ3) is 2.87. The summed E-state index contributed by atoms with van der Waals surface area (Å²) < 4.78 is 5.77. The Balaban J connectivity index is 2.30. The van der Waals surface area contributed by atoms with Crippen molar-refractivity contribution in [1.29, 1.82) is 0 Å². The van der Waals surface area contributed by atoms with Gasteiger partial charge in [-0.25, -0.2) is 0 Å². The van der Waals surface area contributed by atoms with Crippen LogP contribution in [0.15, 0.2) is 18.2 Å². The lowest BCUT2D eigenvalue weighted by Gasteiger charge is -2.14. The van der Waals surface area contributed by atoms with Gasteiger partial charge in [-0.05, 0) is 36.8 Å². The summed E-state index contributed by atoms with van der Waals surface area (Å²) in [5, 5.41) is 0. The fourth-order valence-electron chi connectivity index (χ4n) is 2.20. The lowest BCUT2D eigenvalue weighted by Crippen LogP contribution is -2.09. The number of ether oxygens (including phenoxy) is 1. The van der Waals surface area contributed by atoms with E-state index < -0.39 is 0 Å². The molecule has 1 aliphatic carbocycles. The number of rotatable bonds is 3. The second kappa shape index (κ2) is 5.35. The van der Waals surface area contributed by atoms with E-state index in [1.165, 1.54) is 0 Å². The Morgan fingerprint density at radius 3 is 2.76 bits per heavy atom. The standard InChI is InChI=1S/C15H20O2/c1-11(2)10-17-14-9-5-7-12-6-3-4-8-13(16)15(12)14/h5,7,9,11H,3-4,6,8,10H2,1-2H3. The highest BCUT2D eigenvalue weighted by Gasteiger charge is 2.19. The number of Topliss-reactive ketones (excluding diaryl/α,β-unsaturated/α-hetero) is 1. The van der Waals surface area contributed by atoms with Crippen molar-refractivity contribution in [3.63, 3.8) is 0 Å². The number of hydrogen-bond donors (Lipinski definition) is 0. The van der Waals surface area contributed by atoms with E-state index in [0.29, 0.717) is 18.9 Å². The average molecular weight is 232 g/mol. The van der Waals surface area contributed by atoms with E-state index >= 15 is 0 Å². The Kier molecular flexibility index (Phi) is 3.82. The van der Waals surface area contributed by atoms with Crippen LogP contribution in [0.25, 0.3) is 0 Å². The predicted octanol–water partition coefficient (Wildman–Crippen LogP) is 3.63. The van der Waals surface area contributed by atoms with Gasteiger partial charge in [-0.1, -0.05) is 26.0 Å². The summed E-state index contributed by atoms with van der Waals surface area (Å²) in [5.41, 5.74) is 2.00. The van der Waals surface area contributed by atoms with Crippen LogP contribution in [0.5, 0.6) is 5.75 Å². The molecule has 1 aliphatic rings. The lowest BCUT2D eigenvalue weighted by molar-refractivity contribution is 0.0977. The number of fused-ring (bicyclic) bond motifs is 1. The molecule has 2 nitrogen and oxygen atoms in total. The summed E-state index contributed by atoms with van der Waals surface area (Å²) in [4.78, 5) is 12.1. The maximum absolute atomic E-state index is 12.1. The second-order valence-corrected chi connectivity index (χ2v) is 5.13. The minimum atomic E-state index is 0.247. The highest BCUT2D eigenvalue weighted by Crippen LogP contribution is 2.29. The van der Waals surface area contributed by atoms with Crippen LogP contribution in [0, 0.1) is 5.92 Å². The molecule has 0 saturated carbocycles. The zero-order chi connectivity index (χ0) is 12.3. The maximum Gasteiger partial charge on any atom is 0.166 e. The molecule has 1 aromatic carbocycles. The third-order valence-corrected chi connectivity index (χ3v) is 3.06. The first-order valence-electron chi connectivity index (χ1n) is 6.46. The van der Waals surface area contributed by atoms with Crippen molar-refractivity contribution >= 4 is 5.78 Å². The lowest BCUT2D eigenvalue weighted by atomic mass is 10.0. The Morgan fingerprint density at radius 2 is 2.00 bits per heavy atom. The van der Waals surface area contributed by atoms with Crippen LogP contribution >= 0.6 is 0 Å². The zero-order valence-corrected chi connectivity index (χ0v) is 10.7. The van der Waals surface area contributed by atoms with E-state index in [0.717, 1.165) is 36.1 Å². The van der Waals surface area contributed by atoms with Gasteiger partial charge in [0, 0.05) is 6.42 Å². The molecule has 0 heterocycles. The van der Waals surface area contributed by atoms with Gasteiger partial charge in [0.15, 0.2) is 5.78 Å². The molecule has 17 heavy (non-hydrogen) atoms. The van der Waals surface area contributed by atoms with Crippen molar-refractivity contribution in [2.24, 2.45) is 5.92 Å². The normalized spacial score (nSPS) is 15.6. The van der Waals surface area contributed by atoms with Gasteiger partial charge in [0.05, 0.1) is 12.2 Å². The molecule has 0 aromatic heterocycles. The quantitative estimate of drug-likeness (QED) is 0.744. The average Bonchev–Trinajstić information content (AvgIpc) is 2.49. The van der Waals surface area contributed by atoms with Crippen LogP contribution in [-0.2, 0) is 6.42 Å². The van der Waals surface area contributed by atoms with Crippen molar-refractivity contribution in [3.8, 4) is 5.75 Å². The van der Waals surface area contributed by atoms with Crippen molar-refractivity contribution in [2.75, 3.05) is 6.61 Å². The van der Waals surface area contributed by atoms with Gasteiger partial charge in [0.25, 0.3) is 0 Å². The van der Waals surface area contributed by atoms with Crippen LogP contribution in [-0.4, -0.2) is 12.4 Å². The van der Waals surface area contributed by atoms with Crippen LogP contribution in [0.2, 0.25) is 0 Å². The van der Waals surface area contributed by atoms with Gasteiger partial charge in [-0.2, -0.15) is 0 Å². The number of hydrogen-bond acceptors (Lipinski definition) is 2. The summed E-state index contributed by atoms with van der Waals surface area (Å²) in [6.07, 6.45) is 3.76. The van der Waals surface area contributed by atoms with E-state index in [9.17, 15) is 4.79 Å². The number of carbonyl (C=O) groups is 1. The summed E-state index contributed by atoms with van der Waals surface area (Å²) in [7, 11) is 0. The summed E-state index contributed by atoms with van der Waals surface area (Å²) in [6, 6.07) is 5.97. The minimum Gasteiger partial charge on any atom is -0.493 e. The topological polar surface area (TPSA) is 26.3 Å². The molecule has 0 fully saturated rings. The molecular formula is C15H20O2. The molecule has 0 spiro atoms. The number of ketones is 1. The minimum absolute atomic E-state index is 0.247. The first-order chi connectivity index (χ1) is 8.18. The van der Waals surface area contributed by atoms with Crippen molar-refractivity contribution in [1.82, 2.24) is 0 Å². The largest absolute Gasteiger partial charge is 0.493 e. The third-order valence-electron chi connectivity index (χ3n) is 3.06. The Hall–Kier alpha value is -1.31. The first kappa shape index (κ1) is 12.2. The van der Waals surface area contributed by atoms with Crippen molar-refractivity contribution in [2.45, 2.75) is 39.5 Å². The molecule has 92 valence electrons. The molecule has 0 amide bonds. The van der Waals surface area contributed by atoms with E-state index in [-0.39, 0.29) is 5.78 Å². The summed E-state index contributed by atoms with van der Waals surface area (Å²) in [6.45, 7) is 4.90. The van der Waals surface area contributed by atoms with Gasteiger partial charge in [0.1, 0.15) is 5.75 Å². The zero-order valence-electron chi connectivity index (χ0n) is 10.7. The van der Waals surface area contributed by atoms with E-state index in [1.807, 2.05) is 12.1 Å². The van der Waals surface area contributed by atoms with Gasteiger partial charge < -0.3 is 4.74 Å².